The van der Waals surface area contributed by atoms with Crippen molar-refractivity contribution in [3.05, 3.63) is 18.2 Å². The van der Waals surface area contributed by atoms with Crippen molar-refractivity contribution in [1.82, 2.24) is 9.55 Å². The van der Waals surface area contributed by atoms with Crippen LogP contribution in [0.4, 0.5) is 0 Å². The van der Waals surface area contributed by atoms with Crippen molar-refractivity contribution >= 4 is 0 Å². The summed E-state index contributed by atoms with van der Waals surface area (Å²) >= 11 is 0. The first-order valence-electron chi connectivity index (χ1n) is 3.70. The summed E-state index contributed by atoms with van der Waals surface area (Å²) in [7, 11) is 0. The van der Waals surface area contributed by atoms with Gasteiger partial charge < -0.3 is 15.4 Å². The molecule has 0 amide bonds. The molecule has 0 bridgehead atoms. The Morgan fingerprint density at radius 1 is 1.82 bits per heavy atom. The number of fused-ring (bicyclic) bond motifs is 1. The molecule has 0 aliphatic carbocycles. The number of hydrogen-bond acceptors (Lipinski definition) is 3. The van der Waals surface area contributed by atoms with Crippen molar-refractivity contribution in [3.8, 4) is 0 Å². The maximum atomic E-state index is 8.91. The Hall–Kier alpha value is -0.870. The average molecular weight is 153 g/mol. The second-order valence-electron chi connectivity index (χ2n) is 2.91. The van der Waals surface area contributed by atoms with Crippen molar-refractivity contribution in [2.45, 2.75) is 12.6 Å². The second-order valence-corrected chi connectivity index (χ2v) is 2.91. The molecule has 0 saturated carbocycles. The van der Waals surface area contributed by atoms with Gasteiger partial charge in [0.25, 0.3) is 0 Å². The van der Waals surface area contributed by atoms with Gasteiger partial charge in [-0.2, -0.15) is 0 Å². The van der Waals surface area contributed by atoms with E-state index in [0.717, 1.165) is 12.4 Å². The highest BCUT2D eigenvalue weighted by atomic mass is 16.3. The van der Waals surface area contributed by atoms with Gasteiger partial charge in [-0.15, -0.1) is 0 Å². The van der Waals surface area contributed by atoms with Crippen LogP contribution in [0.15, 0.2) is 12.4 Å². The number of nitrogens with two attached hydrogens (primary N) is 1. The highest BCUT2D eigenvalue weighted by Gasteiger charge is 2.29. The molecule has 1 aliphatic heterocycles. The average Bonchev–Trinajstić information content (AvgIpc) is 2.53. The van der Waals surface area contributed by atoms with Gasteiger partial charge in [0.2, 0.25) is 0 Å². The summed E-state index contributed by atoms with van der Waals surface area (Å²) in [5.41, 5.74) is 5.80. The molecule has 0 radical (unpaired) electrons. The minimum atomic E-state index is -0.0880. The van der Waals surface area contributed by atoms with Crippen LogP contribution in [0.3, 0.4) is 0 Å². The first-order chi connectivity index (χ1) is 5.33. The van der Waals surface area contributed by atoms with Crippen LogP contribution in [-0.2, 0) is 6.54 Å². The van der Waals surface area contributed by atoms with E-state index in [1.165, 1.54) is 0 Å². The first kappa shape index (κ1) is 6.82. The van der Waals surface area contributed by atoms with E-state index < -0.39 is 0 Å². The van der Waals surface area contributed by atoms with Crippen LogP contribution in [0.5, 0.6) is 0 Å². The molecule has 0 fully saturated rings. The van der Waals surface area contributed by atoms with Crippen LogP contribution in [0, 0.1) is 5.92 Å². The molecule has 2 heterocycles. The summed E-state index contributed by atoms with van der Waals surface area (Å²) < 4.78 is 1.99. The lowest BCUT2D eigenvalue weighted by molar-refractivity contribution is 0.207. The molecule has 0 unspecified atom stereocenters. The molecule has 1 aliphatic rings. The maximum absolute atomic E-state index is 8.91. The Morgan fingerprint density at radius 3 is 3.27 bits per heavy atom. The van der Waals surface area contributed by atoms with Crippen molar-refractivity contribution in [2.75, 3.05) is 6.61 Å². The lowest BCUT2D eigenvalue weighted by Crippen LogP contribution is -2.20. The molecule has 2 atom stereocenters. The summed E-state index contributed by atoms with van der Waals surface area (Å²) in [5, 5.41) is 8.91. The van der Waals surface area contributed by atoms with E-state index in [-0.39, 0.29) is 18.6 Å². The molecule has 11 heavy (non-hydrogen) atoms. The summed E-state index contributed by atoms with van der Waals surface area (Å²) in [6, 6.07) is -0.0880. The first-order valence-corrected chi connectivity index (χ1v) is 3.70. The van der Waals surface area contributed by atoms with E-state index in [1.54, 1.807) is 6.20 Å². The maximum Gasteiger partial charge on any atom is 0.126 e. The predicted molar refractivity (Wildman–Crippen MR) is 39.7 cm³/mol. The zero-order chi connectivity index (χ0) is 7.84. The fraction of sp³-hybridized carbons (Fsp3) is 0.571. The summed E-state index contributed by atoms with van der Waals surface area (Å²) in [5.74, 6) is 1.04. The molecule has 4 nitrogen and oxygen atoms in total. The van der Waals surface area contributed by atoms with Crippen LogP contribution >= 0.6 is 0 Å². The van der Waals surface area contributed by atoms with Crippen LogP contribution in [0.2, 0.25) is 0 Å². The molecule has 60 valence electrons. The highest BCUT2D eigenvalue weighted by Crippen LogP contribution is 2.26. The third-order valence-electron chi connectivity index (χ3n) is 2.22. The number of nitrogens with zero attached hydrogens (tertiary/aromatic N) is 2. The number of rotatable bonds is 1. The number of aliphatic hydroxyl groups excluding tert-OH is 1. The Morgan fingerprint density at radius 2 is 2.64 bits per heavy atom. The second kappa shape index (κ2) is 2.32. The monoisotopic (exact) mass is 153 g/mol. The van der Waals surface area contributed by atoms with E-state index in [0.29, 0.717) is 0 Å². The number of aliphatic hydroxyl groups is 1. The predicted octanol–water partition coefficient (Wildman–Crippen LogP) is -0.495. The Kier molecular flexibility index (Phi) is 1.44. The van der Waals surface area contributed by atoms with Crippen LogP contribution in [0.25, 0.3) is 0 Å². The van der Waals surface area contributed by atoms with Gasteiger partial charge in [-0.25, -0.2) is 4.98 Å². The minimum Gasteiger partial charge on any atom is -0.396 e. The van der Waals surface area contributed by atoms with Crippen LogP contribution < -0.4 is 5.73 Å². The van der Waals surface area contributed by atoms with Crippen molar-refractivity contribution in [3.63, 3.8) is 0 Å². The third kappa shape index (κ3) is 0.868. The summed E-state index contributed by atoms with van der Waals surface area (Å²) in [6.45, 7) is 0.942. The van der Waals surface area contributed by atoms with Gasteiger partial charge in [-0.3, -0.25) is 0 Å². The van der Waals surface area contributed by atoms with Crippen molar-refractivity contribution < 1.29 is 5.11 Å². The summed E-state index contributed by atoms with van der Waals surface area (Å²) in [6.07, 6.45) is 3.63. The SMILES string of the molecule is N[C@H]1c2nccn2C[C@H]1CO. The van der Waals surface area contributed by atoms with Gasteiger partial charge in [0, 0.05) is 31.5 Å². The van der Waals surface area contributed by atoms with Gasteiger partial charge in [-0.1, -0.05) is 0 Å². The zero-order valence-electron chi connectivity index (χ0n) is 6.14. The number of imidazole rings is 1. The molecule has 2 rings (SSSR count). The minimum absolute atomic E-state index is 0.0880. The van der Waals surface area contributed by atoms with Gasteiger partial charge in [-0.05, 0) is 0 Å². The van der Waals surface area contributed by atoms with E-state index in [2.05, 4.69) is 4.98 Å². The fourth-order valence-electron chi connectivity index (χ4n) is 1.52. The van der Waals surface area contributed by atoms with E-state index in [1.807, 2.05) is 10.8 Å². The fourth-order valence-corrected chi connectivity index (χ4v) is 1.52. The summed E-state index contributed by atoms with van der Waals surface area (Å²) in [4.78, 5) is 4.10. The zero-order valence-corrected chi connectivity index (χ0v) is 6.14. The molecule has 4 heteroatoms. The topological polar surface area (TPSA) is 64.1 Å². The van der Waals surface area contributed by atoms with E-state index in [9.17, 15) is 0 Å². The van der Waals surface area contributed by atoms with Crippen molar-refractivity contribution in [1.29, 1.82) is 0 Å². The molecule has 1 aromatic rings. The molecular weight excluding hydrogens is 142 g/mol. The quantitative estimate of drug-likeness (QED) is 0.572. The van der Waals surface area contributed by atoms with Gasteiger partial charge in [0.05, 0.1) is 6.04 Å². The Balaban J connectivity index is 2.30. The Bertz CT molecular complexity index is 258. The van der Waals surface area contributed by atoms with Crippen molar-refractivity contribution in [2.24, 2.45) is 11.7 Å². The Labute approximate surface area is 64.7 Å². The lowest BCUT2D eigenvalue weighted by atomic mass is 10.1. The molecule has 0 spiro atoms. The van der Waals surface area contributed by atoms with Crippen LogP contribution in [0.1, 0.15) is 11.9 Å². The molecule has 3 N–H and O–H groups in total. The standard InChI is InChI=1S/C7H11N3O/c8-6-5(4-11)3-10-2-1-9-7(6)10/h1-2,5-6,11H,3-4,8H2/t5-,6+/m0/s1. The number of hydrogen-bond donors (Lipinski definition) is 2. The smallest absolute Gasteiger partial charge is 0.126 e. The van der Waals surface area contributed by atoms with Gasteiger partial charge in [0.1, 0.15) is 5.82 Å². The van der Waals surface area contributed by atoms with Crippen LogP contribution in [-0.4, -0.2) is 21.3 Å². The molecule has 0 aromatic carbocycles. The normalized spacial score (nSPS) is 28.9. The largest absolute Gasteiger partial charge is 0.396 e. The highest BCUT2D eigenvalue weighted by molar-refractivity contribution is 5.06. The molecule has 1 aromatic heterocycles. The lowest BCUT2D eigenvalue weighted by Gasteiger charge is -2.08. The third-order valence-corrected chi connectivity index (χ3v) is 2.22. The van der Waals surface area contributed by atoms with E-state index in [4.69, 9.17) is 10.8 Å². The molecule has 0 saturated heterocycles. The van der Waals surface area contributed by atoms with Gasteiger partial charge in [0.15, 0.2) is 0 Å². The van der Waals surface area contributed by atoms with E-state index >= 15 is 0 Å². The molecular formula is C7H11N3O. The number of aromatic nitrogens is 2. The van der Waals surface area contributed by atoms with Gasteiger partial charge >= 0.3 is 0 Å².